The average molecular weight is 445 g/mol. The molecule has 4 unspecified atom stereocenters. The summed E-state index contributed by atoms with van der Waals surface area (Å²) in [6, 6.07) is -4.46. The van der Waals surface area contributed by atoms with Gasteiger partial charge in [0.25, 0.3) is 0 Å². The standard InChI is InChI=1S/C19H36N6O6/c1-10(2)8-13(17(28)23-11(3)19(30)31)25-18(29)14(9-15(22)26)24-16(27)12(21)6-4-5-7-20/h10-14H,4-9,20-21H2,1-3H3,(H2,22,26)(H,23,28)(H,24,27)(H,25,29)(H,30,31). The van der Waals surface area contributed by atoms with Gasteiger partial charge in [0.15, 0.2) is 0 Å². The molecule has 0 heterocycles. The van der Waals surface area contributed by atoms with Gasteiger partial charge in [0.2, 0.25) is 23.6 Å². The highest BCUT2D eigenvalue weighted by Crippen LogP contribution is 2.07. The van der Waals surface area contributed by atoms with Gasteiger partial charge in [0.1, 0.15) is 18.1 Å². The van der Waals surface area contributed by atoms with Gasteiger partial charge in [-0.3, -0.25) is 24.0 Å². The SMILES string of the molecule is CC(C)CC(NC(=O)C(CC(N)=O)NC(=O)C(N)CCCCN)C(=O)NC(C)C(=O)O. The van der Waals surface area contributed by atoms with E-state index in [0.29, 0.717) is 25.8 Å². The minimum Gasteiger partial charge on any atom is -0.480 e. The zero-order chi connectivity index (χ0) is 24.1. The third-order valence-electron chi connectivity index (χ3n) is 4.41. The van der Waals surface area contributed by atoms with Crippen LogP contribution in [-0.4, -0.2) is 65.4 Å². The Bertz CT molecular complexity index is 641. The van der Waals surface area contributed by atoms with E-state index in [9.17, 15) is 24.0 Å². The number of unbranched alkanes of at least 4 members (excludes halogenated alkanes) is 1. The zero-order valence-corrected chi connectivity index (χ0v) is 18.3. The predicted octanol–water partition coefficient (Wildman–Crippen LogP) is -2.08. The van der Waals surface area contributed by atoms with Crippen LogP contribution in [0.1, 0.15) is 52.9 Å². The predicted molar refractivity (Wildman–Crippen MR) is 113 cm³/mol. The lowest BCUT2D eigenvalue weighted by Crippen LogP contribution is -2.57. The van der Waals surface area contributed by atoms with E-state index in [1.54, 1.807) is 0 Å². The minimum atomic E-state index is -1.33. The molecule has 4 amide bonds. The molecule has 0 aliphatic carbocycles. The second-order valence-corrected chi connectivity index (χ2v) is 7.88. The Balaban J connectivity index is 5.28. The lowest BCUT2D eigenvalue weighted by Gasteiger charge is -2.25. The van der Waals surface area contributed by atoms with Crippen LogP contribution < -0.4 is 33.2 Å². The van der Waals surface area contributed by atoms with E-state index in [4.69, 9.17) is 22.3 Å². The summed E-state index contributed by atoms with van der Waals surface area (Å²) in [5.41, 5.74) is 16.4. The molecule has 0 aliphatic rings. The molecule has 0 rings (SSSR count). The third kappa shape index (κ3) is 11.9. The Kier molecular flexibility index (Phi) is 13.0. The number of aliphatic carboxylic acids is 1. The summed E-state index contributed by atoms with van der Waals surface area (Å²) in [6.45, 7) is 5.38. The summed E-state index contributed by atoms with van der Waals surface area (Å²) in [4.78, 5) is 59.9. The molecule has 12 nitrogen and oxygen atoms in total. The lowest BCUT2D eigenvalue weighted by atomic mass is 10.0. The molecule has 4 atom stereocenters. The van der Waals surface area contributed by atoms with Crippen molar-refractivity contribution in [3.63, 3.8) is 0 Å². The van der Waals surface area contributed by atoms with Crippen molar-refractivity contribution in [1.82, 2.24) is 16.0 Å². The van der Waals surface area contributed by atoms with Gasteiger partial charge in [-0.2, -0.15) is 0 Å². The van der Waals surface area contributed by atoms with Gasteiger partial charge in [-0.1, -0.05) is 20.3 Å². The molecule has 0 aromatic rings. The quantitative estimate of drug-likeness (QED) is 0.139. The van der Waals surface area contributed by atoms with Crippen molar-refractivity contribution in [2.45, 2.75) is 77.0 Å². The average Bonchev–Trinajstić information content (AvgIpc) is 2.65. The van der Waals surface area contributed by atoms with E-state index < -0.39 is 60.2 Å². The Morgan fingerprint density at radius 3 is 1.90 bits per heavy atom. The van der Waals surface area contributed by atoms with Crippen molar-refractivity contribution >= 4 is 29.6 Å². The van der Waals surface area contributed by atoms with Crippen molar-refractivity contribution in [2.75, 3.05) is 6.54 Å². The molecule has 0 fully saturated rings. The van der Waals surface area contributed by atoms with Crippen LogP contribution in [-0.2, 0) is 24.0 Å². The van der Waals surface area contributed by atoms with Crippen LogP contribution in [0.4, 0.5) is 0 Å². The minimum absolute atomic E-state index is 0.0173. The molecule has 0 aromatic heterocycles. The number of carboxylic acids is 1. The number of amides is 4. The van der Waals surface area contributed by atoms with Gasteiger partial charge in [-0.05, 0) is 38.6 Å². The fourth-order valence-corrected chi connectivity index (χ4v) is 2.68. The Morgan fingerprint density at radius 2 is 1.42 bits per heavy atom. The molecule has 10 N–H and O–H groups in total. The smallest absolute Gasteiger partial charge is 0.325 e. The molecule has 12 heteroatoms. The Morgan fingerprint density at radius 1 is 0.871 bits per heavy atom. The highest BCUT2D eigenvalue weighted by Gasteiger charge is 2.30. The van der Waals surface area contributed by atoms with Gasteiger partial charge in [0.05, 0.1) is 12.5 Å². The van der Waals surface area contributed by atoms with Crippen molar-refractivity contribution in [3.8, 4) is 0 Å². The van der Waals surface area contributed by atoms with E-state index in [0.717, 1.165) is 0 Å². The molecule has 31 heavy (non-hydrogen) atoms. The van der Waals surface area contributed by atoms with Crippen molar-refractivity contribution in [2.24, 2.45) is 23.1 Å². The van der Waals surface area contributed by atoms with Crippen LogP contribution in [0.5, 0.6) is 0 Å². The monoisotopic (exact) mass is 444 g/mol. The largest absolute Gasteiger partial charge is 0.480 e. The fraction of sp³-hybridized carbons (Fsp3) is 0.737. The molecule has 0 aromatic carbocycles. The van der Waals surface area contributed by atoms with E-state index in [2.05, 4.69) is 16.0 Å². The van der Waals surface area contributed by atoms with Gasteiger partial charge < -0.3 is 38.3 Å². The van der Waals surface area contributed by atoms with Gasteiger partial charge in [-0.25, -0.2) is 0 Å². The first-order valence-electron chi connectivity index (χ1n) is 10.3. The van der Waals surface area contributed by atoms with Gasteiger partial charge in [0, 0.05) is 0 Å². The summed E-state index contributed by atoms with van der Waals surface area (Å²) in [5, 5.41) is 16.1. The maximum absolute atomic E-state index is 12.7. The number of carbonyl (C=O) groups excluding carboxylic acids is 4. The van der Waals surface area contributed by atoms with Crippen LogP contribution in [0.15, 0.2) is 0 Å². The van der Waals surface area contributed by atoms with Crippen LogP contribution >= 0.6 is 0 Å². The van der Waals surface area contributed by atoms with Crippen LogP contribution in [0.3, 0.4) is 0 Å². The van der Waals surface area contributed by atoms with Crippen molar-refractivity contribution < 1.29 is 29.1 Å². The van der Waals surface area contributed by atoms with Crippen LogP contribution in [0.2, 0.25) is 0 Å². The summed E-state index contributed by atoms with van der Waals surface area (Å²) in [6.07, 6.45) is 1.37. The molecule has 0 saturated carbocycles. The number of rotatable bonds is 15. The molecule has 178 valence electrons. The highest BCUT2D eigenvalue weighted by atomic mass is 16.4. The van der Waals surface area contributed by atoms with Crippen molar-refractivity contribution in [3.05, 3.63) is 0 Å². The van der Waals surface area contributed by atoms with Crippen LogP contribution in [0, 0.1) is 5.92 Å². The number of nitrogens with two attached hydrogens (primary N) is 3. The van der Waals surface area contributed by atoms with Crippen molar-refractivity contribution in [1.29, 1.82) is 0 Å². The number of hydrogen-bond donors (Lipinski definition) is 7. The number of carbonyl (C=O) groups is 5. The first kappa shape index (κ1) is 28.3. The lowest BCUT2D eigenvalue weighted by molar-refractivity contribution is -0.142. The van der Waals surface area contributed by atoms with E-state index in [1.165, 1.54) is 6.92 Å². The normalized spacial score (nSPS) is 14.8. The maximum atomic E-state index is 12.7. The summed E-state index contributed by atoms with van der Waals surface area (Å²) >= 11 is 0. The molecule has 0 aliphatic heterocycles. The molecule has 0 bridgehead atoms. The fourth-order valence-electron chi connectivity index (χ4n) is 2.68. The topological polar surface area (TPSA) is 220 Å². The first-order valence-corrected chi connectivity index (χ1v) is 10.3. The molecular formula is C19H36N6O6. The second-order valence-electron chi connectivity index (χ2n) is 7.88. The summed E-state index contributed by atoms with van der Waals surface area (Å²) in [7, 11) is 0. The van der Waals surface area contributed by atoms with Crippen LogP contribution in [0.25, 0.3) is 0 Å². The highest BCUT2D eigenvalue weighted by molar-refractivity contribution is 5.96. The van der Waals surface area contributed by atoms with E-state index in [-0.39, 0.29) is 12.3 Å². The number of carboxylic acid groups (broad SMARTS) is 1. The Labute approximate surface area is 182 Å². The maximum Gasteiger partial charge on any atom is 0.325 e. The number of nitrogens with one attached hydrogen (secondary N) is 3. The zero-order valence-electron chi connectivity index (χ0n) is 18.3. The van der Waals surface area contributed by atoms with Gasteiger partial charge >= 0.3 is 5.97 Å². The number of primary amides is 1. The van der Waals surface area contributed by atoms with Gasteiger partial charge in [-0.15, -0.1) is 0 Å². The van der Waals surface area contributed by atoms with E-state index >= 15 is 0 Å². The molecular weight excluding hydrogens is 408 g/mol. The first-order chi connectivity index (χ1) is 14.4. The van der Waals surface area contributed by atoms with E-state index in [1.807, 2.05) is 13.8 Å². The molecule has 0 radical (unpaired) electrons. The Hall–Kier alpha value is -2.73. The second kappa shape index (κ2) is 14.3. The summed E-state index contributed by atoms with van der Waals surface area (Å²) < 4.78 is 0. The summed E-state index contributed by atoms with van der Waals surface area (Å²) in [5.74, 6) is -4.21. The third-order valence-corrected chi connectivity index (χ3v) is 4.41. The number of hydrogen-bond acceptors (Lipinski definition) is 7. The molecule has 0 spiro atoms. The molecule has 0 saturated heterocycles.